The third-order valence-electron chi connectivity index (χ3n) is 2.56. The first kappa shape index (κ1) is 14.8. The number of halogens is 1. The largest absolute Gasteiger partial charge is 0.342 e. The lowest BCUT2D eigenvalue weighted by molar-refractivity contribution is 1.01. The molecule has 0 fully saturated rings. The topological polar surface area (TPSA) is 28.7 Å². The molecule has 0 unspecified atom stereocenters. The molecule has 2 rings (SSSR count). The van der Waals surface area contributed by atoms with E-state index in [4.69, 9.17) is 12.2 Å². The number of benzene rings is 1. The van der Waals surface area contributed by atoms with Gasteiger partial charge in [-0.3, -0.25) is 0 Å². The molecule has 0 saturated carbocycles. The van der Waals surface area contributed by atoms with Gasteiger partial charge in [0.15, 0.2) is 0 Å². The quantitative estimate of drug-likeness (QED) is 0.589. The Balaban J connectivity index is 2.35. The van der Waals surface area contributed by atoms with Crippen LogP contribution in [0.2, 0.25) is 0 Å². The van der Waals surface area contributed by atoms with Gasteiger partial charge < -0.3 is 4.98 Å². The normalized spacial score (nSPS) is 10.6. The fourth-order valence-electron chi connectivity index (χ4n) is 1.69. The van der Waals surface area contributed by atoms with Gasteiger partial charge in [-0.05, 0) is 33.7 Å². The molecule has 5 heteroatoms. The standard InChI is InChI=1S/C14H15BrN2S2/c1-2-8-19-9-11-16-13(12(15)14(18)17-11)10-6-4-3-5-7-10/h3-7H,2,8-9H2,1H3,(H,16,17,18). The Morgan fingerprint density at radius 3 is 2.74 bits per heavy atom. The molecule has 0 aliphatic rings. The highest BCUT2D eigenvalue weighted by molar-refractivity contribution is 9.10. The lowest BCUT2D eigenvalue weighted by Crippen LogP contribution is -1.98. The molecule has 0 bridgehead atoms. The van der Waals surface area contributed by atoms with Gasteiger partial charge in [-0.1, -0.05) is 49.5 Å². The van der Waals surface area contributed by atoms with E-state index >= 15 is 0 Å². The zero-order valence-corrected chi connectivity index (χ0v) is 13.9. The van der Waals surface area contributed by atoms with Gasteiger partial charge in [0, 0.05) is 0 Å². The minimum atomic E-state index is 0.615. The van der Waals surface area contributed by atoms with Crippen molar-refractivity contribution in [1.29, 1.82) is 0 Å². The molecule has 0 aliphatic heterocycles. The van der Waals surface area contributed by atoms with Crippen LogP contribution in [-0.2, 0) is 5.75 Å². The number of nitrogens with one attached hydrogen (secondary N) is 1. The van der Waals surface area contributed by atoms with Crippen molar-refractivity contribution in [1.82, 2.24) is 9.97 Å². The molecule has 0 atom stereocenters. The van der Waals surface area contributed by atoms with Crippen molar-refractivity contribution in [3.8, 4) is 11.3 Å². The van der Waals surface area contributed by atoms with Crippen LogP contribution in [0.3, 0.4) is 0 Å². The summed E-state index contributed by atoms with van der Waals surface area (Å²) in [6.07, 6.45) is 1.17. The van der Waals surface area contributed by atoms with Crippen molar-refractivity contribution in [2.75, 3.05) is 5.75 Å². The number of rotatable bonds is 5. The number of aromatic amines is 1. The monoisotopic (exact) mass is 354 g/mol. The Labute approximate surface area is 131 Å². The van der Waals surface area contributed by atoms with Gasteiger partial charge in [-0.25, -0.2) is 4.98 Å². The maximum Gasteiger partial charge on any atom is 0.144 e. The lowest BCUT2D eigenvalue weighted by Gasteiger charge is -2.08. The molecule has 1 aromatic heterocycles. The second-order valence-corrected chi connectivity index (χ2v) is 6.38. The van der Waals surface area contributed by atoms with Crippen LogP contribution in [0.15, 0.2) is 34.8 Å². The zero-order valence-electron chi connectivity index (χ0n) is 10.6. The number of H-pyrrole nitrogens is 1. The van der Waals surface area contributed by atoms with E-state index in [1.54, 1.807) is 0 Å². The molecule has 2 aromatic rings. The van der Waals surface area contributed by atoms with Gasteiger partial charge >= 0.3 is 0 Å². The molecule has 0 spiro atoms. The predicted molar refractivity (Wildman–Crippen MR) is 89.0 cm³/mol. The van der Waals surface area contributed by atoms with Gasteiger partial charge in [0.1, 0.15) is 10.5 Å². The summed E-state index contributed by atoms with van der Waals surface area (Å²) in [7, 11) is 0. The molecule has 1 heterocycles. The molecular weight excluding hydrogens is 340 g/mol. The van der Waals surface area contributed by atoms with E-state index < -0.39 is 0 Å². The molecule has 1 aromatic carbocycles. The highest BCUT2D eigenvalue weighted by Gasteiger charge is 2.08. The van der Waals surface area contributed by atoms with Gasteiger partial charge in [0.25, 0.3) is 0 Å². The second kappa shape index (κ2) is 7.22. The molecule has 2 nitrogen and oxygen atoms in total. The Kier molecular flexibility index (Phi) is 5.60. The molecule has 100 valence electrons. The number of hydrogen-bond donors (Lipinski definition) is 1. The molecular formula is C14H15BrN2S2. The van der Waals surface area contributed by atoms with Gasteiger partial charge in [-0.2, -0.15) is 11.8 Å². The SMILES string of the molecule is CCCSCc1nc(=S)c(Br)c(-c2ccccc2)[nH]1. The maximum absolute atomic E-state index is 5.32. The summed E-state index contributed by atoms with van der Waals surface area (Å²) in [5.74, 6) is 2.94. The van der Waals surface area contributed by atoms with E-state index in [9.17, 15) is 0 Å². The van der Waals surface area contributed by atoms with Crippen molar-refractivity contribution in [2.24, 2.45) is 0 Å². The van der Waals surface area contributed by atoms with Crippen LogP contribution in [0.4, 0.5) is 0 Å². The van der Waals surface area contributed by atoms with Crippen LogP contribution in [0.1, 0.15) is 19.2 Å². The Bertz CT molecular complexity index is 596. The Morgan fingerprint density at radius 2 is 2.05 bits per heavy atom. The van der Waals surface area contributed by atoms with E-state index in [1.165, 1.54) is 6.42 Å². The van der Waals surface area contributed by atoms with Crippen LogP contribution in [0, 0.1) is 4.64 Å². The van der Waals surface area contributed by atoms with E-state index in [0.29, 0.717) is 4.64 Å². The fraction of sp³-hybridized carbons (Fsp3) is 0.286. The first-order valence-corrected chi connectivity index (χ1v) is 8.49. The zero-order chi connectivity index (χ0) is 13.7. The second-order valence-electron chi connectivity index (χ2n) is 4.10. The highest BCUT2D eigenvalue weighted by atomic mass is 79.9. The number of thioether (sulfide) groups is 1. The van der Waals surface area contributed by atoms with Gasteiger partial charge in [-0.15, -0.1) is 0 Å². The summed E-state index contributed by atoms with van der Waals surface area (Å²) < 4.78 is 1.47. The maximum atomic E-state index is 5.32. The molecule has 19 heavy (non-hydrogen) atoms. The minimum absolute atomic E-state index is 0.615. The van der Waals surface area contributed by atoms with Gasteiger partial charge in [0.2, 0.25) is 0 Å². The molecule has 0 amide bonds. The van der Waals surface area contributed by atoms with Crippen molar-refractivity contribution < 1.29 is 0 Å². The number of aromatic nitrogens is 2. The lowest BCUT2D eigenvalue weighted by atomic mass is 10.1. The molecule has 0 radical (unpaired) electrons. The summed E-state index contributed by atoms with van der Waals surface area (Å²) in [6.45, 7) is 2.18. The summed E-state index contributed by atoms with van der Waals surface area (Å²) >= 11 is 10.7. The summed E-state index contributed by atoms with van der Waals surface area (Å²) in [6, 6.07) is 10.2. The number of nitrogens with zero attached hydrogens (tertiary/aromatic N) is 1. The van der Waals surface area contributed by atoms with Crippen molar-refractivity contribution in [2.45, 2.75) is 19.1 Å². The number of hydrogen-bond acceptors (Lipinski definition) is 3. The van der Waals surface area contributed by atoms with Crippen LogP contribution in [0.5, 0.6) is 0 Å². The van der Waals surface area contributed by atoms with Crippen LogP contribution in [0.25, 0.3) is 11.3 Å². The first-order chi connectivity index (χ1) is 9.22. The van der Waals surface area contributed by atoms with E-state index in [0.717, 1.165) is 33.1 Å². The minimum Gasteiger partial charge on any atom is -0.342 e. The van der Waals surface area contributed by atoms with Gasteiger partial charge in [0.05, 0.1) is 15.9 Å². The first-order valence-electron chi connectivity index (χ1n) is 6.14. The Hall–Kier alpha value is -0.650. The highest BCUT2D eigenvalue weighted by Crippen LogP contribution is 2.27. The van der Waals surface area contributed by atoms with E-state index in [2.05, 4.69) is 45.0 Å². The summed E-state index contributed by atoms with van der Waals surface area (Å²) in [5, 5.41) is 0. The molecule has 0 aliphatic carbocycles. The molecule has 0 saturated heterocycles. The average molecular weight is 355 g/mol. The average Bonchev–Trinajstić information content (AvgIpc) is 2.44. The van der Waals surface area contributed by atoms with Crippen molar-refractivity contribution in [3.05, 3.63) is 45.3 Å². The van der Waals surface area contributed by atoms with Crippen LogP contribution >= 0.6 is 39.9 Å². The third kappa shape index (κ3) is 3.91. The smallest absolute Gasteiger partial charge is 0.144 e. The molecule has 1 N–H and O–H groups in total. The van der Waals surface area contributed by atoms with Crippen molar-refractivity contribution in [3.63, 3.8) is 0 Å². The summed E-state index contributed by atoms with van der Waals surface area (Å²) in [5.41, 5.74) is 2.12. The van der Waals surface area contributed by atoms with Crippen LogP contribution in [-0.4, -0.2) is 15.7 Å². The third-order valence-corrected chi connectivity index (χ3v) is 5.07. The van der Waals surface area contributed by atoms with Crippen LogP contribution < -0.4 is 0 Å². The van der Waals surface area contributed by atoms with Crippen molar-refractivity contribution >= 4 is 39.9 Å². The summed E-state index contributed by atoms with van der Waals surface area (Å²) in [4.78, 5) is 7.81. The Morgan fingerprint density at radius 1 is 1.32 bits per heavy atom. The fourth-order valence-corrected chi connectivity index (χ4v) is 3.08. The van der Waals surface area contributed by atoms with E-state index in [-0.39, 0.29) is 0 Å². The predicted octanol–water partition coefficient (Wildman–Crippen LogP) is 5.21. The van der Waals surface area contributed by atoms with E-state index in [1.807, 2.05) is 30.0 Å².